The molecule has 2 heterocycles. The van der Waals surface area contributed by atoms with Gasteiger partial charge in [0.1, 0.15) is 23.6 Å². The third-order valence-electron chi connectivity index (χ3n) is 15.3. The number of amides is 5. The van der Waals surface area contributed by atoms with Crippen LogP contribution >= 0.6 is 23.5 Å². The molecular weight excluding hydrogens is 1170 g/mol. The van der Waals surface area contributed by atoms with Crippen LogP contribution in [0.1, 0.15) is 107 Å². The van der Waals surface area contributed by atoms with Crippen molar-refractivity contribution in [3.63, 3.8) is 0 Å². The maximum atomic E-state index is 13.8. The van der Waals surface area contributed by atoms with Crippen molar-refractivity contribution in [2.45, 2.75) is 141 Å². The van der Waals surface area contributed by atoms with Gasteiger partial charge >= 0.3 is 17.9 Å². The van der Waals surface area contributed by atoms with Crippen LogP contribution in [0.25, 0.3) is 0 Å². The number of aryl methyl sites for hydroxylation is 2. The van der Waals surface area contributed by atoms with Gasteiger partial charge in [0, 0.05) is 64.6 Å². The van der Waals surface area contributed by atoms with Crippen LogP contribution in [-0.2, 0) is 59.4 Å². The van der Waals surface area contributed by atoms with Crippen molar-refractivity contribution < 1.29 is 63.1 Å². The van der Waals surface area contributed by atoms with Gasteiger partial charge in [-0.15, -0.1) is 23.5 Å². The molecule has 2 fully saturated rings. The first-order valence-electron chi connectivity index (χ1n) is 29.0. The van der Waals surface area contributed by atoms with Crippen LogP contribution in [-0.4, -0.2) is 125 Å². The number of carbonyl (C=O) groups excluding carboxylic acids is 7. The minimum absolute atomic E-state index is 0.0234. The molecule has 0 aliphatic carbocycles. The molecule has 2 saturated heterocycles. The number of esters is 2. The zero-order valence-electron chi connectivity index (χ0n) is 51.8. The highest BCUT2D eigenvalue weighted by Crippen LogP contribution is 2.40. The lowest BCUT2D eigenvalue weighted by Crippen LogP contribution is -2.58. The largest absolute Gasteiger partial charge is 0.508 e. The number of nitrogens with one attached hydrogen (secondary N) is 5. The first-order chi connectivity index (χ1) is 42.2. The number of rotatable bonds is 20. The lowest BCUT2D eigenvalue weighted by atomic mass is 9.96. The van der Waals surface area contributed by atoms with Gasteiger partial charge in [-0.3, -0.25) is 38.9 Å². The molecule has 0 aromatic heterocycles. The highest BCUT2D eigenvalue weighted by Gasteiger charge is 2.50. The van der Waals surface area contributed by atoms with E-state index in [1.807, 2.05) is 93.6 Å². The Morgan fingerprint density at radius 1 is 0.607 bits per heavy atom. The van der Waals surface area contributed by atoms with Crippen molar-refractivity contribution in [2.75, 3.05) is 11.8 Å². The Labute approximate surface area is 528 Å². The topological polar surface area (TPSA) is 279 Å². The summed E-state index contributed by atoms with van der Waals surface area (Å²) in [5.74, 6) is -3.36. The van der Waals surface area contributed by atoms with Crippen LogP contribution in [0.15, 0.2) is 146 Å². The van der Waals surface area contributed by atoms with Crippen molar-refractivity contribution in [3.05, 3.63) is 201 Å². The van der Waals surface area contributed by atoms with Crippen molar-refractivity contribution in [3.8, 4) is 11.5 Å². The number of aliphatic carboxylic acids is 1. The standard InChI is InChI=1S/C32H37N3O5S.C22H23NO7.C14H20N2OS/c1-20-11-8-9-14-23(20)18-33-30(39)28-32(3,4)41-19-35(28)31(40)27(37)25(17-22-12-6-5-7-13-22)34-29(38)24-15-10-16-26(36)21(24)2;1-13-17(10-7-11-19(13)29-14(2)24)21(26)23-18(12-16-8-5-4-6-9-16)20(22(27)28)30-15(3)25;1-10-6-4-5-7-11(10)8-15-13(17)12-14(2,3)18-9-16-12/h5-16,25,27-28,36-37H,17-19H2,1-4H3,(H,33,39)(H,34,38);4-11,18,20H,12H2,1-3H3,(H,23,26)(H,27,28);4-7,12,16H,8-9H2,1-3H3,(H,15,17)/t25?,27-,28?;18?,20-;/m00./s1. The van der Waals surface area contributed by atoms with E-state index in [2.05, 4.69) is 59.5 Å². The van der Waals surface area contributed by atoms with E-state index in [-0.39, 0.29) is 63.9 Å². The van der Waals surface area contributed by atoms with Crippen LogP contribution in [0, 0.1) is 27.7 Å². The third kappa shape index (κ3) is 19.5. The monoisotopic (exact) mass is 1250 g/mol. The summed E-state index contributed by atoms with van der Waals surface area (Å²) in [4.78, 5) is 102. The van der Waals surface area contributed by atoms with E-state index in [1.54, 1.807) is 74.1 Å². The lowest BCUT2D eigenvalue weighted by molar-refractivity contribution is -0.164. The zero-order chi connectivity index (χ0) is 65.2. The molecule has 0 spiro atoms. The van der Waals surface area contributed by atoms with Gasteiger partial charge < -0.3 is 51.0 Å². The van der Waals surface area contributed by atoms with E-state index in [0.29, 0.717) is 24.2 Å². The fourth-order valence-corrected chi connectivity index (χ4v) is 12.3. The van der Waals surface area contributed by atoms with Gasteiger partial charge in [0.15, 0.2) is 6.10 Å². The molecule has 0 radical (unpaired) electrons. The number of thioether (sulfide) groups is 2. The number of phenols is 1. The van der Waals surface area contributed by atoms with Crippen molar-refractivity contribution in [1.82, 2.24) is 31.5 Å². The first kappa shape index (κ1) is 69.6. The highest BCUT2D eigenvalue weighted by molar-refractivity contribution is 8.01. The molecule has 19 nitrogen and oxygen atoms in total. The number of nitrogens with zero attached hydrogens (tertiary/aromatic N) is 1. The van der Waals surface area contributed by atoms with Crippen LogP contribution in [0.4, 0.5) is 0 Å². The molecule has 5 amide bonds. The Kier molecular flexibility index (Phi) is 25.1. The number of phenolic OH excluding ortho intramolecular Hbond substituents is 1. The minimum atomic E-state index is -1.61. The molecule has 4 unspecified atom stereocenters. The second-order valence-corrected chi connectivity index (χ2v) is 26.0. The summed E-state index contributed by atoms with van der Waals surface area (Å²) in [6.45, 7) is 18.6. The average Bonchev–Trinajstić information content (AvgIpc) is 2.17. The van der Waals surface area contributed by atoms with Crippen LogP contribution in [0.5, 0.6) is 11.5 Å². The molecule has 21 heteroatoms. The first-order valence-corrected chi connectivity index (χ1v) is 31.0. The maximum absolute atomic E-state index is 13.8. The molecule has 6 aromatic rings. The van der Waals surface area contributed by atoms with Gasteiger partial charge in [-0.25, -0.2) is 4.79 Å². The predicted octanol–water partition coefficient (Wildman–Crippen LogP) is 8.04. The van der Waals surface area contributed by atoms with Gasteiger partial charge in [0.05, 0.1) is 18.0 Å². The quantitative estimate of drug-likeness (QED) is 0.0265. The molecule has 2 aliphatic heterocycles. The number of hydrogen-bond acceptors (Lipinski definition) is 15. The van der Waals surface area contributed by atoms with E-state index >= 15 is 0 Å². The average molecular weight is 1250 g/mol. The fourth-order valence-electron chi connectivity index (χ4n) is 10.2. The number of carboxylic acids is 1. The second-order valence-electron chi connectivity index (χ2n) is 22.7. The normalized spacial score (nSPS) is 16.6. The predicted molar refractivity (Wildman–Crippen MR) is 344 cm³/mol. The minimum Gasteiger partial charge on any atom is -0.508 e. The fraction of sp³-hybridized carbons (Fsp3) is 0.353. The number of ether oxygens (including phenoxy) is 2. The Bertz CT molecular complexity index is 3480. The van der Waals surface area contributed by atoms with Gasteiger partial charge in [-0.2, -0.15) is 0 Å². The highest BCUT2D eigenvalue weighted by atomic mass is 32.2. The third-order valence-corrected chi connectivity index (χ3v) is 18.0. The lowest BCUT2D eigenvalue weighted by Gasteiger charge is -2.33. The smallest absolute Gasteiger partial charge is 0.347 e. The van der Waals surface area contributed by atoms with E-state index in [9.17, 15) is 53.7 Å². The zero-order valence-corrected chi connectivity index (χ0v) is 53.4. The molecule has 6 atom stereocenters. The van der Waals surface area contributed by atoms with Crippen molar-refractivity contribution in [1.29, 1.82) is 0 Å². The number of hydrogen-bond donors (Lipinski definition) is 8. The van der Waals surface area contributed by atoms with Crippen molar-refractivity contribution >= 4 is 71.0 Å². The molecule has 2 aliphatic rings. The van der Waals surface area contributed by atoms with E-state index < -0.39 is 70.7 Å². The van der Waals surface area contributed by atoms with E-state index in [1.165, 1.54) is 46.8 Å². The molecular formula is C68H80N6O13S2. The summed E-state index contributed by atoms with van der Waals surface area (Å²) in [6.07, 6.45) is -2.88. The van der Waals surface area contributed by atoms with Crippen LogP contribution < -0.4 is 31.3 Å². The maximum Gasteiger partial charge on any atom is 0.347 e. The van der Waals surface area contributed by atoms with Gasteiger partial charge in [-0.05, 0) is 126 Å². The summed E-state index contributed by atoms with van der Waals surface area (Å²) in [7, 11) is 0. The summed E-state index contributed by atoms with van der Waals surface area (Å²) in [6, 6.07) is 40.4. The van der Waals surface area contributed by atoms with Crippen LogP contribution in [0.3, 0.4) is 0 Å². The van der Waals surface area contributed by atoms with Crippen LogP contribution in [0.2, 0.25) is 0 Å². The van der Waals surface area contributed by atoms with E-state index in [0.717, 1.165) is 35.1 Å². The SMILES string of the molecule is CC(=O)Oc1cccc(C(=O)NC(Cc2ccccc2)[C@H](OC(C)=O)C(=O)O)c1C.Cc1ccccc1CNC(=O)C1N(C(=O)[C@@H](O)C(Cc2ccccc2)NC(=O)c2cccc(O)c2C)CSC1(C)C.Cc1ccccc1CNC(=O)C1NCSC1(C)C. The van der Waals surface area contributed by atoms with Gasteiger partial charge in [0.25, 0.3) is 17.7 Å². The molecule has 472 valence electrons. The summed E-state index contributed by atoms with van der Waals surface area (Å²) in [5.41, 5.74) is 7.27. The number of carboxylic acid groups (broad SMARTS) is 1. The molecule has 8 rings (SSSR count). The molecule has 0 bridgehead atoms. The number of aliphatic hydroxyl groups excluding tert-OH is 1. The molecule has 6 aromatic carbocycles. The Balaban J connectivity index is 0.000000230. The molecule has 8 N–H and O–H groups in total. The molecule has 0 saturated carbocycles. The number of aromatic hydroxyl groups is 1. The molecule has 89 heavy (non-hydrogen) atoms. The summed E-state index contributed by atoms with van der Waals surface area (Å²) < 4.78 is 9.43. The van der Waals surface area contributed by atoms with Gasteiger partial charge in [0.2, 0.25) is 17.9 Å². The van der Waals surface area contributed by atoms with Crippen molar-refractivity contribution in [2.24, 2.45) is 0 Å². The number of benzene rings is 6. The summed E-state index contributed by atoms with van der Waals surface area (Å²) in [5, 5.41) is 45.8. The second kappa shape index (κ2) is 32.1. The summed E-state index contributed by atoms with van der Waals surface area (Å²) >= 11 is 3.25. The Hall–Kier alpha value is -8.50. The number of aliphatic hydroxyl groups is 1. The van der Waals surface area contributed by atoms with E-state index in [4.69, 9.17) is 9.47 Å². The Morgan fingerprint density at radius 3 is 1.61 bits per heavy atom. The van der Waals surface area contributed by atoms with Gasteiger partial charge in [-0.1, -0.05) is 121 Å². The number of carbonyl (C=O) groups is 8. The Morgan fingerprint density at radius 2 is 1.10 bits per heavy atom.